The Morgan fingerprint density at radius 1 is 1.23 bits per heavy atom. The van der Waals surface area contributed by atoms with Crippen LogP contribution in [0.5, 0.6) is 0 Å². The van der Waals surface area contributed by atoms with Crippen molar-refractivity contribution in [2.24, 2.45) is 0 Å². The van der Waals surface area contributed by atoms with Crippen LogP contribution < -0.4 is 10.6 Å². The minimum absolute atomic E-state index is 0.631. The third-order valence-electron chi connectivity index (χ3n) is 3.18. The van der Waals surface area contributed by atoms with Crippen LogP contribution in [0.3, 0.4) is 0 Å². The second kappa shape index (κ2) is 2.74. The fraction of sp³-hybridized carbons (Fsp3) is 0.455. The molecule has 2 aliphatic heterocycles. The van der Waals surface area contributed by atoms with E-state index < -0.39 is 0 Å². The van der Waals surface area contributed by atoms with Gasteiger partial charge in [0.05, 0.1) is 0 Å². The van der Waals surface area contributed by atoms with Crippen molar-refractivity contribution in [3.8, 4) is 0 Å². The third-order valence-corrected chi connectivity index (χ3v) is 3.18. The van der Waals surface area contributed by atoms with Crippen LogP contribution in [0.2, 0.25) is 0 Å². The predicted molar refractivity (Wildman–Crippen MR) is 54.1 cm³/mol. The smallest absolute Gasteiger partial charge is 0.0455 e. The largest absolute Gasteiger partial charge is 0.380 e. The molecule has 1 aromatic rings. The molecule has 13 heavy (non-hydrogen) atoms. The van der Waals surface area contributed by atoms with E-state index >= 15 is 0 Å². The number of hydrogen-bond donors (Lipinski definition) is 2. The Hall–Kier alpha value is -1.02. The highest BCUT2D eigenvalue weighted by Crippen LogP contribution is 2.38. The molecule has 2 aliphatic rings. The average molecular weight is 174 g/mol. The SMILES string of the molecule is c1ccc2c(c1)N[C@H]1CNCC[C@H]21. The maximum atomic E-state index is 3.57. The van der Waals surface area contributed by atoms with E-state index in [1.165, 1.54) is 17.7 Å². The summed E-state index contributed by atoms with van der Waals surface area (Å²) in [6.45, 7) is 2.27. The van der Waals surface area contributed by atoms with Gasteiger partial charge < -0.3 is 10.6 Å². The molecule has 0 unspecified atom stereocenters. The molecule has 2 heterocycles. The van der Waals surface area contributed by atoms with Crippen LogP contribution >= 0.6 is 0 Å². The minimum Gasteiger partial charge on any atom is -0.380 e. The number of benzene rings is 1. The molecule has 0 spiro atoms. The van der Waals surface area contributed by atoms with Gasteiger partial charge in [-0.15, -0.1) is 0 Å². The molecule has 0 aromatic heterocycles. The summed E-state index contributed by atoms with van der Waals surface area (Å²) in [7, 11) is 0. The molecular formula is C11H14N2. The van der Waals surface area contributed by atoms with E-state index in [9.17, 15) is 0 Å². The summed E-state index contributed by atoms with van der Waals surface area (Å²) in [4.78, 5) is 0. The van der Waals surface area contributed by atoms with E-state index in [4.69, 9.17) is 0 Å². The molecule has 0 saturated carbocycles. The summed E-state index contributed by atoms with van der Waals surface area (Å²) in [6, 6.07) is 9.33. The van der Waals surface area contributed by atoms with Crippen molar-refractivity contribution in [2.45, 2.75) is 18.4 Å². The molecule has 3 rings (SSSR count). The molecule has 68 valence electrons. The maximum absolute atomic E-state index is 3.57. The zero-order valence-electron chi connectivity index (χ0n) is 7.59. The number of para-hydroxylation sites is 1. The number of rotatable bonds is 0. The summed E-state index contributed by atoms with van der Waals surface area (Å²) in [5, 5.41) is 7.00. The minimum atomic E-state index is 0.631. The zero-order chi connectivity index (χ0) is 8.67. The molecule has 1 fully saturated rings. The van der Waals surface area contributed by atoms with Gasteiger partial charge in [0.1, 0.15) is 0 Å². The molecule has 0 aliphatic carbocycles. The molecule has 2 heteroatoms. The molecule has 0 amide bonds. The van der Waals surface area contributed by atoms with Crippen molar-refractivity contribution in [1.29, 1.82) is 0 Å². The van der Waals surface area contributed by atoms with Crippen LogP contribution in [-0.2, 0) is 0 Å². The van der Waals surface area contributed by atoms with Gasteiger partial charge in [0, 0.05) is 24.2 Å². The van der Waals surface area contributed by atoms with Gasteiger partial charge in [0.25, 0.3) is 0 Å². The fourth-order valence-electron chi connectivity index (χ4n) is 2.53. The first-order valence-corrected chi connectivity index (χ1v) is 5.01. The van der Waals surface area contributed by atoms with E-state index in [1.54, 1.807) is 0 Å². The Morgan fingerprint density at radius 2 is 2.15 bits per heavy atom. The summed E-state index contributed by atoms with van der Waals surface area (Å²) in [5.41, 5.74) is 2.87. The second-order valence-electron chi connectivity index (χ2n) is 3.94. The lowest BCUT2D eigenvalue weighted by molar-refractivity contribution is 0.439. The summed E-state index contributed by atoms with van der Waals surface area (Å²) < 4.78 is 0. The molecule has 1 aromatic carbocycles. The summed E-state index contributed by atoms with van der Waals surface area (Å²) in [5.74, 6) is 0.748. The lowest BCUT2D eigenvalue weighted by atomic mass is 9.89. The topological polar surface area (TPSA) is 24.1 Å². The number of hydrogen-bond acceptors (Lipinski definition) is 2. The number of fused-ring (bicyclic) bond motifs is 3. The van der Waals surface area contributed by atoms with Gasteiger partial charge >= 0.3 is 0 Å². The van der Waals surface area contributed by atoms with Crippen LogP contribution in [-0.4, -0.2) is 19.1 Å². The van der Waals surface area contributed by atoms with E-state index in [0.717, 1.165) is 19.0 Å². The van der Waals surface area contributed by atoms with E-state index in [1.807, 2.05) is 0 Å². The van der Waals surface area contributed by atoms with Crippen molar-refractivity contribution in [2.75, 3.05) is 18.4 Å². The highest BCUT2D eigenvalue weighted by atomic mass is 15.0. The highest BCUT2D eigenvalue weighted by molar-refractivity contribution is 5.59. The summed E-state index contributed by atoms with van der Waals surface area (Å²) >= 11 is 0. The quantitative estimate of drug-likeness (QED) is 0.623. The van der Waals surface area contributed by atoms with Crippen molar-refractivity contribution < 1.29 is 0 Å². The fourth-order valence-corrected chi connectivity index (χ4v) is 2.53. The van der Waals surface area contributed by atoms with Crippen LogP contribution in [0, 0.1) is 0 Å². The molecule has 0 bridgehead atoms. The normalized spacial score (nSPS) is 30.5. The molecular weight excluding hydrogens is 160 g/mol. The van der Waals surface area contributed by atoms with Crippen LogP contribution in [0.25, 0.3) is 0 Å². The lowest BCUT2D eigenvalue weighted by Gasteiger charge is -2.26. The highest BCUT2D eigenvalue weighted by Gasteiger charge is 2.33. The second-order valence-corrected chi connectivity index (χ2v) is 3.94. The van der Waals surface area contributed by atoms with Gasteiger partial charge in [-0.05, 0) is 24.6 Å². The molecule has 2 nitrogen and oxygen atoms in total. The number of anilines is 1. The molecule has 2 atom stereocenters. The standard InChI is InChI=1S/C11H14N2/c1-2-4-10-8(3-1)9-5-6-12-7-11(9)13-10/h1-4,9,11-13H,5-7H2/t9-,11+/m1/s1. The van der Waals surface area contributed by atoms with Crippen molar-refractivity contribution >= 4 is 5.69 Å². The zero-order valence-corrected chi connectivity index (χ0v) is 7.59. The van der Waals surface area contributed by atoms with Gasteiger partial charge in [-0.2, -0.15) is 0 Å². The van der Waals surface area contributed by atoms with Gasteiger partial charge in [-0.25, -0.2) is 0 Å². The molecule has 1 saturated heterocycles. The molecule has 0 radical (unpaired) electrons. The Kier molecular flexibility index (Phi) is 1.56. The molecule has 2 N–H and O–H groups in total. The van der Waals surface area contributed by atoms with Gasteiger partial charge in [-0.3, -0.25) is 0 Å². The Labute approximate surface area is 78.3 Å². The monoisotopic (exact) mass is 174 g/mol. The van der Waals surface area contributed by atoms with Crippen LogP contribution in [0.4, 0.5) is 5.69 Å². The average Bonchev–Trinajstić information content (AvgIpc) is 2.56. The van der Waals surface area contributed by atoms with E-state index in [2.05, 4.69) is 34.9 Å². The van der Waals surface area contributed by atoms with Gasteiger partial charge in [0.15, 0.2) is 0 Å². The predicted octanol–water partition coefficient (Wildman–Crippen LogP) is 1.56. The Bertz CT molecular complexity index is 322. The summed E-state index contributed by atoms with van der Waals surface area (Å²) in [6.07, 6.45) is 1.27. The lowest BCUT2D eigenvalue weighted by Crippen LogP contribution is -2.40. The first-order chi connectivity index (χ1) is 6.45. The Morgan fingerprint density at radius 3 is 3.15 bits per heavy atom. The maximum Gasteiger partial charge on any atom is 0.0455 e. The first kappa shape index (κ1) is 7.39. The van der Waals surface area contributed by atoms with E-state index in [-0.39, 0.29) is 0 Å². The van der Waals surface area contributed by atoms with Crippen molar-refractivity contribution in [3.63, 3.8) is 0 Å². The number of nitrogens with one attached hydrogen (secondary N) is 2. The van der Waals surface area contributed by atoms with Gasteiger partial charge in [-0.1, -0.05) is 18.2 Å². The number of piperidine rings is 1. The van der Waals surface area contributed by atoms with Crippen molar-refractivity contribution in [3.05, 3.63) is 29.8 Å². The third kappa shape index (κ3) is 1.05. The van der Waals surface area contributed by atoms with Crippen LogP contribution in [0.15, 0.2) is 24.3 Å². The van der Waals surface area contributed by atoms with Crippen molar-refractivity contribution in [1.82, 2.24) is 5.32 Å². The van der Waals surface area contributed by atoms with Gasteiger partial charge in [0.2, 0.25) is 0 Å². The van der Waals surface area contributed by atoms with Crippen LogP contribution in [0.1, 0.15) is 17.9 Å². The first-order valence-electron chi connectivity index (χ1n) is 5.01. The Balaban J connectivity index is 2.01. The van der Waals surface area contributed by atoms with E-state index in [0.29, 0.717) is 6.04 Å².